The molecular formula is C21H28ClN3O2S. The number of amides is 1. The van der Waals surface area contributed by atoms with E-state index in [4.69, 9.17) is 11.6 Å². The van der Waals surface area contributed by atoms with E-state index in [2.05, 4.69) is 31.1 Å². The SMILES string of the molecule is CC(C)Cn1c(SCC(=O)N[C@@H]2CCCC[C@@H]2C)nc2cc(Cl)ccc2c1=O. The van der Waals surface area contributed by atoms with Crippen molar-refractivity contribution in [3.8, 4) is 0 Å². The molecule has 0 saturated heterocycles. The zero-order chi connectivity index (χ0) is 20.3. The van der Waals surface area contributed by atoms with E-state index < -0.39 is 0 Å². The predicted octanol–water partition coefficient (Wildman–Crippen LogP) is 4.49. The molecule has 152 valence electrons. The maximum Gasteiger partial charge on any atom is 0.262 e. The molecule has 7 heteroatoms. The fourth-order valence-electron chi connectivity index (χ4n) is 3.72. The number of aromatic nitrogens is 2. The second-order valence-electron chi connectivity index (χ2n) is 8.09. The first-order chi connectivity index (χ1) is 13.3. The van der Waals surface area contributed by atoms with Crippen molar-refractivity contribution in [3.05, 3.63) is 33.6 Å². The number of thioether (sulfide) groups is 1. The smallest absolute Gasteiger partial charge is 0.262 e. The molecule has 1 N–H and O–H groups in total. The van der Waals surface area contributed by atoms with Gasteiger partial charge in [0.1, 0.15) is 0 Å². The molecule has 1 amide bonds. The second-order valence-corrected chi connectivity index (χ2v) is 9.47. The molecule has 2 aromatic rings. The van der Waals surface area contributed by atoms with Gasteiger partial charge in [-0.25, -0.2) is 4.98 Å². The van der Waals surface area contributed by atoms with Crippen LogP contribution in [0.4, 0.5) is 0 Å². The van der Waals surface area contributed by atoms with E-state index in [0.717, 1.165) is 6.42 Å². The number of nitrogens with one attached hydrogen (secondary N) is 1. The second kappa shape index (κ2) is 9.31. The normalized spacial score (nSPS) is 19.9. The van der Waals surface area contributed by atoms with Gasteiger partial charge in [-0.05, 0) is 42.9 Å². The Balaban J connectivity index is 1.80. The molecule has 1 aliphatic rings. The van der Waals surface area contributed by atoms with Gasteiger partial charge in [0, 0.05) is 17.6 Å². The van der Waals surface area contributed by atoms with Crippen molar-refractivity contribution in [1.29, 1.82) is 0 Å². The van der Waals surface area contributed by atoms with Crippen molar-refractivity contribution >= 4 is 40.2 Å². The number of nitrogens with zero attached hydrogens (tertiary/aromatic N) is 2. The van der Waals surface area contributed by atoms with E-state index in [9.17, 15) is 9.59 Å². The topological polar surface area (TPSA) is 64.0 Å². The van der Waals surface area contributed by atoms with Gasteiger partial charge in [0.2, 0.25) is 5.91 Å². The van der Waals surface area contributed by atoms with Crippen molar-refractivity contribution in [2.24, 2.45) is 11.8 Å². The Morgan fingerprint density at radius 2 is 2.11 bits per heavy atom. The van der Waals surface area contributed by atoms with E-state index in [1.807, 2.05) is 0 Å². The minimum absolute atomic E-state index is 0.000266. The maximum absolute atomic E-state index is 13.0. The Bertz CT molecular complexity index is 912. The van der Waals surface area contributed by atoms with Gasteiger partial charge in [-0.3, -0.25) is 14.2 Å². The van der Waals surface area contributed by atoms with E-state index in [1.165, 1.54) is 31.0 Å². The minimum atomic E-state index is -0.0841. The predicted molar refractivity (Wildman–Crippen MR) is 116 cm³/mol. The summed E-state index contributed by atoms with van der Waals surface area (Å²) in [6.45, 7) is 6.88. The molecule has 1 saturated carbocycles. The third-order valence-corrected chi connectivity index (χ3v) is 6.43. The Labute approximate surface area is 175 Å². The molecule has 1 aromatic heterocycles. The summed E-state index contributed by atoms with van der Waals surface area (Å²) < 4.78 is 1.68. The molecule has 0 spiro atoms. The Morgan fingerprint density at radius 1 is 1.36 bits per heavy atom. The zero-order valence-corrected chi connectivity index (χ0v) is 18.3. The van der Waals surface area contributed by atoms with Gasteiger partial charge in [-0.15, -0.1) is 0 Å². The zero-order valence-electron chi connectivity index (χ0n) is 16.7. The first-order valence-corrected chi connectivity index (χ1v) is 11.3. The summed E-state index contributed by atoms with van der Waals surface area (Å²) in [5.41, 5.74) is 0.487. The third kappa shape index (κ3) is 5.09. The highest BCUT2D eigenvalue weighted by molar-refractivity contribution is 7.99. The summed E-state index contributed by atoms with van der Waals surface area (Å²) in [5.74, 6) is 1.06. The van der Waals surface area contributed by atoms with Crippen molar-refractivity contribution < 1.29 is 4.79 Å². The monoisotopic (exact) mass is 421 g/mol. The highest BCUT2D eigenvalue weighted by atomic mass is 35.5. The third-order valence-electron chi connectivity index (χ3n) is 5.22. The lowest BCUT2D eigenvalue weighted by atomic mass is 9.86. The van der Waals surface area contributed by atoms with Crippen LogP contribution in [0, 0.1) is 11.8 Å². The van der Waals surface area contributed by atoms with Gasteiger partial charge in [0.25, 0.3) is 5.56 Å². The Morgan fingerprint density at radius 3 is 2.82 bits per heavy atom. The molecule has 0 bridgehead atoms. The fourth-order valence-corrected chi connectivity index (χ4v) is 4.71. The summed E-state index contributed by atoms with van der Waals surface area (Å²) in [7, 11) is 0. The number of hydrogen-bond acceptors (Lipinski definition) is 4. The quantitative estimate of drug-likeness (QED) is 0.551. The number of rotatable bonds is 6. The lowest BCUT2D eigenvalue weighted by Crippen LogP contribution is -2.42. The molecule has 1 aliphatic carbocycles. The average Bonchev–Trinajstić information content (AvgIpc) is 2.64. The molecule has 1 heterocycles. The molecule has 3 rings (SSSR count). The first kappa shape index (κ1) is 21.2. The van der Waals surface area contributed by atoms with Crippen LogP contribution < -0.4 is 10.9 Å². The Hall–Kier alpha value is -1.53. The van der Waals surface area contributed by atoms with Crippen LogP contribution in [0.5, 0.6) is 0 Å². The number of carbonyl (C=O) groups is 1. The fraction of sp³-hybridized carbons (Fsp3) is 0.571. The summed E-state index contributed by atoms with van der Waals surface area (Å²) in [6, 6.07) is 5.38. The van der Waals surface area contributed by atoms with Crippen LogP contribution in [0.15, 0.2) is 28.2 Å². The van der Waals surface area contributed by atoms with Gasteiger partial charge < -0.3 is 5.32 Å². The van der Waals surface area contributed by atoms with E-state index in [0.29, 0.717) is 39.5 Å². The number of hydrogen-bond donors (Lipinski definition) is 1. The minimum Gasteiger partial charge on any atom is -0.352 e. The number of fused-ring (bicyclic) bond motifs is 1. The van der Waals surface area contributed by atoms with Gasteiger partial charge in [-0.2, -0.15) is 0 Å². The van der Waals surface area contributed by atoms with Crippen molar-refractivity contribution in [3.63, 3.8) is 0 Å². The number of benzene rings is 1. The van der Waals surface area contributed by atoms with Crippen LogP contribution in [0.25, 0.3) is 10.9 Å². The highest BCUT2D eigenvalue weighted by Crippen LogP contribution is 2.25. The molecule has 0 aliphatic heterocycles. The van der Waals surface area contributed by atoms with Crippen LogP contribution in [-0.4, -0.2) is 27.3 Å². The number of halogens is 1. The summed E-state index contributed by atoms with van der Waals surface area (Å²) in [4.78, 5) is 30.1. The lowest BCUT2D eigenvalue weighted by Gasteiger charge is -2.29. The summed E-state index contributed by atoms with van der Waals surface area (Å²) >= 11 is 7.40. The molecule has 2 atom stereocenters. The van der Waals surface area contributed by atoms with Gasteiger partial charge in [-0.1, -0.05) is 57.0 Å². The summed E-state index contributed by atoms with van der Waals surface area (Å²) in [6.07, 6.45) is 4.62. The number of carbonyl (C=O) groups excluding carboxylic acids is 1. The molecule has 0 radical (unpaired) electrons. The van der Waals surface area contributed by atoms with Crippen LogP contribution in [-0.2, 0) is 11.3 Å². The molecule has 1 aromatic carbocycles. The van der Waals surface area contributed by atoms with E-state index in [-0.39, 0.29) is 23.3 Å². The van der Waals surface area contributed by atoms with Gasteiger partial charge >= 0.3 is 0 Å². The van der Waals surface area contributed by atoms with Crippen LogP contribution in [0.1, 0.15) is 46.5 Å². The molecule has 0 unspecified atom stereocenters. The van der Waals surface area contributed by atoms with Crippen molar-refractivity contribution in [1.82, 2.24) is 14.9 Å². The standard InChI is InChI=1S/C21H28ClN3O2S/c1-13(2)11-25-20(27)16-9-8-15(22)10-18(16)24-21(25)28-12-19(26)23-17-7-5-4-6-14(17)3/h8-10,13-14,17H,4-7,11-12H2,1-3H3,(H,23,26)/t14-,17+/m0/s1. The van der Waals surface area contributed by atoms with Crippen molar-refractivity contribution in [2.75, 3.05) is 5.75 Å². The lowest BCUT2D eigenvalue weighted by molar-refractivity contribution is -0.119. The van der Waals surface area contributed by atoms with Gasteiger partial charge in [0.05, 0.1) is 16.7 Å². The average molecular weight is 422 g/mol. The maximum atomic E-state index is 13.0. The molecule has 5 nitrogen and oxygen atoms in total. The summed E-state index contributed by atoms with van der Waals surface area (Å²) in [5, 5.41) is 4.83. The van der Waals surface area contributed by atoms with Gasteiger partial charge in [0.15, 0.2) is 5.16 Å². The highest BCUT2D eigenvalue weighted by Gasteiger charge is 2.23. The van der Waals surface area contributed by atoms with Crippen molar-refractivity contribution in [2.45, 2.75) is 64.2 Å². The molecule has 1 fully saturated rings. The van der Waals surface area contributed by atoms with Crippen LogP contribution in [0.3, 0.4) is 0 Å². The largest absolute Gasteiger partial charge is 0.352 e. The van der Waals surface area contributed by atoms with Crippen LogP contribution in [0.2, 0.25) is 5.02 Å². The Kier molecular flexibility index (Phi) is 7.05. The van der Waals surface area contributed by atoms with E-state index >= 15 is 0 Å². The van der Waals surface area contributed by atoms with E-state index in [1.54, 1.807) is 22.8 Å². The first-order valence-electron chi connectivity index (χ1n) is 9.97. The molecule has 28 heavy (non-hydrogen) atoms. The van der Waals surface area contributed by atoms with Crippen LogP contribution >= 0.6 is 23.4 Å². The molecular weight excluding hydrogens is 394 g/mol.